The van der Waals surface area contributed by atoms with Crippen LogP contribution in [0.25, 0.3) is 11.3 Å². The van der Waals surface area contributed by atoms with Crippen molar-refractivity contribution in [2.45, 2.75) is 0 Å². The van der Waals surface area contributed by atoms with E-state index in [4.69, 9.17) is 10.3 Å². The van der Waals surface area contributed by atoms with Gasteiger partial charge >= 0.3 is 0 Å². The van der Waals surface area contributed by atoms with Gasteiger partial charge in [0.05, 0.1) is 4.92 Å². The average Bonchev–Trinajstić information content (AvgIpc) is 2.64. The number of halogens is 1. The molecule has 7 heteroatoms. The fraction of sp³-hybridized carbons (Fsp3) is 0. The Hall–Kier alpha value is -1.89. The van der Waals surface area contributed by atoms with Gasteiger partial charge in [-0.05, 0) is 6.07 Å². The lowest BCUT2D eigenvalue weighted by atomic mass is 10.1. The number of nitrogens with two attached hydrogens (primary N) is 1. The van der Waals surface area contributed by atoms with Crippen molar-refractivity contribution < 1.29 is 9.45 Å². The highest BCUT2D eigenvalue weighted by Gasteiger charge is 2.12. The molecule has 2 aromatic rings. The Bertz CT molecular complexity index is 553. The standard InChI is InChI=1S/C9H6BrN3O3/c10-6-1-5(2-7(3-6)13(14)15)8-4-9(11)12-16-8/h1-4H,(H2,11,12). The zero-order chi connectivity index (χ0) is 11.7. The number of rotatable bonds is 2. The van der Waals surface area contributed by atoms with E-state index in [1.165, 1.54) is 18.2 Å². The van der Waals surface area contributed by atoms with Crippen molar-refractivity contribution in [3.05, 3.63) is 38.9 Å². The van der Waals surface area contributed by atoms with E-state index >= 15 is 0 Å². The highest BCUT2D eigenvalue weighted by molar-refractivity contribution is 9.10. The first-order chi connectivity index (χ1) is 7.56. The van der Waals surface area contributed by atoms with Crippen molar-refractivity contribution in [2.24, 2.45) is 0 Å². The highest BCUT2D eigenvalue weighted by Crippen LogP contribution is 2.29. The van der Waals surface area contributed by atoms with Crippen molar-refractivity contribution >= 4 is 27.4 Å². The van der Waals surface area contributed by atoms with Crippen LogP contribution < -0.4 is 5.73 Å². The second kappa shape index (κ2) is 3.93. The topological polar surface area (TPSA) is 95.2 Å². The fourth-order valence-electron chi connectivity index (χ4n) is 1.25. The lowest BCUT2D eigenvalue weighted by Crippen LogP contribution is -1.88. The molecule has 0 amide bonds. The molecule has 82 valence electrons. The molecule has 0 spiro atoms. The molecule has 0 aliphatic rings. The molecule has 1 aromatic carbocycles. The first-order valence-corrected chi connectivity index (χ1v) is 5.03. The van der Waals surface area contributed by atoms with Crippen LogP contribution in [-0.2, 0) is 0 Å². The summed E-state index contributed by atoms with van der Waals surface area (Å²) in [6.45, 7) is 0. The van der Waals surface area contributed by atoms with Gasteiger partial charge in [0.1, 0.15) is 0 Å². The van der Waals surface area contributed by atoms with Crippen molar-refractivity contribution in [1.29, 1.82) is 0 Å². The molecular weight excluding hydrogens is 278 g/mol. The summed E-state index contributed by atoms with van der Waals surface area (Å²) in [6, 6.07) is 5.99. The third-order valence-corrected chi connectivity index (χ3v) is 2.36. The van der Waals surface area contributed by atoms with E-state index in [0.717, 1.165) is 0 Å². The van der Waals surface area contributed by atoms with E-state index in [1.807, 2.05) is 0 Å². The fourth-order valence-corrected chi connectivity index (χ4v) is 1.73. The van der Waals surface area contributed by atoms with Gasteiger partial charge in [0.15, 0.2) is 11.6 Å². The number of aromatic nitrogens is 1. The molecule has 0 aliphatic carbocycles. The van der Waals surface area contributed by atoms with Crippen LogP contribution in [0.1, 0.15) is 0 Å². The van der Waals surface area contributed by atoms with Crippen LogP contribution in [0.2, 0.25) is 0 Å². The molecule has 0 saturated carbocycles. The maximum absolute atomic E-state index is 10.7. The number of nitro benzene ring substituents is 1. The lowest BCUT2D eigenvalue weighted by molar-refractivity contribution is -0.384. The summed E-state index contributed by atoms with van der Waals surface area (Å²) in [4.78, 5) is 10.2. The summed E-state index contributed by atoms with van der Waals surface area (Å²) >= 11 is 3.19. The minimum absolute atomic E-state index is 0.0284. The molecular formula is C9H6BrN3O3. The lowest BCUT2D eigenvalue weighted by Gasteiger charge is -1.97. The average molecular weight is 284 g/mol. The highest BCUT2D eigenvalue weighted by atomic mass is 79.9. The maximum Gasteiger partial charge on any atom is 0.271 e. The summed E-state index contributed by atoms with van der Waals surface area (Å²) in [5.74, 6) is 0.625. The molecule has 0 radical (unpaired) electrons. The zero-order valence-electron chi connectivity index (χ0n) is 7.88. The van der Waals surface area contributed by atoms with E-state index in [9.17, 15) is 10.1 Å². The maximum atomic E-state index is 10.7. The Morgan fingerprint density at radius 3 is 2.69 bits per heavy atom. The van der Waals surface area contributed by atoms with Gasteiger partial charge in [0.25, 0.3) is 5.69 Å². The van der Waals surface area contributed by atoms with Crippen LogP contribution >= 0.6 is 15.9 Å². The largest absolute Gasteiger partial charge is 0.381 e. The first kappa shape index (κ1) is 10.6. The van der Waals surface area contributed by atoms with E-state index in [2.05, 4.69) is 21.1 Å². The van der Waals surface area contributed by atoms with Gasteiger partial charge < -0.3 is 10.3 Å². The third kappa shape index (κ3) is 2.03. The molecule has 0 saturated heterocycles. The molecule has 6 nitrogen and oxygen atoms in total. The molecule has 0 aliphatic heterocycles. The predicted molar refractivity (Wildman–Crippen MR) is 60.7 cm³/mol. The van der Waals surface area contributed by atoms with Crippen LogP contribution in [0.15, 0.2) is 33.3 Å². The molecule has 1 aromatic heterocycles. The second-order valence-electron chi connectivity index (χ2n) is 3.07. The van der Waals surface area contributed by atoms with Crippen molar-refractivity contribution in [3.8, 4) is 11.3 Å². The van der Waals surface area contributed by atoms with Crippen LogP contribution in [-0.4, -0.2) is 10.1 Å². The summed E-state index contributed by atoms with van der Waals surface area (Å²) in [6.07, 6.45) is 0. The number of anilines is 1. The first-order valence-electron chi connectivity index (χ1n) is 4.24. The predicted octanol–water partition coefficient (Wildman–Crippen LogP) is 2.59. The number of non-ortho nitro benzene ring substituents is 1. The van der Waals surface area contributed by atoms with Crippen molar-refractivity contribution in [2.75, 3.05) is 5.73 Å². The summed E-state index contributed by atoms with van der Waals surface area (Å²) in [5.41, 5.74) is 5.92. The van der Waals surface area contributed by atoms with Gasteiger partial charge in [-0.15, -0.1) is 0 Å². The normalized spacial score (nSPS) is 10.3. The Labute approximate surface area is 98.3 Å². The second-order valence-corrected chi connectivity index (χ2v) is 3.99. The molecule has 16 heavy (non-hydrogen) atoms. The molecule has 0 atom stereocenters. The Kier molecular flexibility index (Phi) is 2.61. The molecule has 0 bridgehead atoms. The van der Waals surface area contributed by atoms with Crippen LogP contribution in [0.5, 0.6) is 0 Å². The minimum Gasteiger partial charge on any atom is -0.381 e. The SMILES string of the molecule is Nc1cc(-c2cc(Br)cc([N+](=O)[O-])c2)on1. The van der Waals surface area contributed by atoms with Crippen molar-refractivity contribution in [1.82, 2.24) is 5.16 Å². The van der Waals surface area contributed by atoms with Crippen LogP contribution in [0.4, 0.5) is 11.5 Å². The third-order valence-electron chi connectivity index (χ3n) is 1.91. The van der Waals surface area contributed by atoms with Gasteiger partial charge in [0.2, 0.25) is 0 Å². The van der Waals surface area contributed by atoms with Gasteiger partial charge in [-0.3, -0.25) is 10.1 Å². The quantitative estimate of drug-likeness (QED) is 0.675. The van der Waals surface area contributed by atoms with E-state index in [0.29, 0.717) is 15.8 Å². The van der Waals surface area contributed by atoms with E-state index < -0.39 is 4.92 Å². The van der Waals surface area contributed by atoms with Gasteiger partial charge in [-0.25, -0.2) is 0 Å². The number of benzene rings is 1. The molecule has 2 N–H and O–H groups in total. The van der Waals surface area contributed by atoms with Crippen LogP contribution in [0, 0.1) is 10.1 Å². The zero-order valence-corrected chi connectivity index (χ0v) is 9.47. The number of nitrogen functional groups attached to an aromatic ring is 1. The number of nitrogens with zero attached hydrogens (tertiary/aromatic N) is 2. The van der Waals surface area contributed by atoms with Gasteiger partial charge in [-0.2, -0.15) is 0 Å². The Morgan fingerprint density at radius 2 is 2.12 bits per heavy atom. The Balaban J connectivity index is 2.53. The summed E-state index contributed by atoms with van der Waals surface area (Å²) in [5, 5.41) is 14.2. The minimum atomic E-state index is -0.478. The van der Waals surface area contributed by atoms with Gasteiger partial charge in [-0.1, -0.05) is 21.1 Å². The summed E-state index contributed by atoms with van der Waals surface area (Å²) in [7, 11) is 0. The molecule has 1 heterocycles. The van der Waals surface area contributed by atoms with Gasteiger partial charge in [0, 0.05) is 28.2 Å². The number of hydrogen-bond acceptors (Lipinski definition) is 5. The Morgan fingerprint density at radius 1 is 1.38 bits per heavy atom. The summed E-state index contributed by atoms with van der Waals surface area (Å²) < 4.78 is 5.51. The molecule has 0 unspecified atom stereocenters. The monoisotopic (exact) mass is 283 g/mol. The van der Waals surface area contributed by atoms with E-state index in [1.54, 1.807) is 6.07 Å². The van der Waals surface area contributed by atoms with E-state index in [-0.39, 0.29) is 11.5 Å². The van der Waals surface area contributed by atoms with Crippen molar-refractivity contribution in [3.63, 3.8) is 0 Å². The van der Waals surface area contributed by atoms with Crippen LogP contribution in [0.3, 0.4) is 0 Å². The smallest absolute Gasteiger partial charge is 0.271 e. The number of nitro groups is 1. The molecule has 0 fully saturated rings. The molecule has 2 rings (SSSR count). The number of hydrogen-bond donors (Lipinski definition) is 1.